The van der Waals surface area contributed by atoms with Gasteiger partial charge in [-0.15, -0.1) is 0 Å². The molecule has 0 spiro atoms. The van der Waals surface area contributed by atoms with Crippen LogP contribution in [0.3, 0.4) is 0 Å². The molecule has 0 bridgehead atoms. The highest BCUT2D eigenvalue weighted by Gasteiger charge is 2.27. The molecule has 150 valence electrons. The van der Waals surface area contributed by atoms with Gasteiger partial charge in [-0.3, -0.25) is 14.4 Å². The fourth-order valence-electron chi connectivity index (χ4n) is 2.87. The lowest BCUT2D eigenvalue weighted by molar-refractivity contribution is -0.142. The summed E-state index contributed by atoms with van der Waals surface area (Å²) in [5.74, 6) is -1.39. The molecular formula is C21H21N3O5. The minimum absolute atomic E-state index is 0.0604. The Morgan fingerprint density at radius 1 is 1.10 bits per heavy atom. The summed E-state index contributed by atoms with van der Waals surface area (Å²) in [4.78, 5) is 47.5. The van der Waals surface area contributed by atoms with E-state index in [1.165, 1.54) is 0 Å². The number of esters is 1. The Hall–Kier alpha value is -3.68. The number of para-hydroxylation sites is 1. The van der Waals surface area contributed by atoms with E-state index >= 15 is 0 Å². The van der Waals surface area contributed by atoms with E-state index in [0.29, 0.717) is 16.9 Å². The van der Waals surface area contributed by atoms with Crippen LogP contribution in [0.5, 0.6) is 0 Å². The van der Waals surface area contributed by atoms with E-state index in [2.05, 4.69) is 16.0 Å². The number of benzene rings is 2. The fraction of sp³-hybridized carbons (Fsp3) is 0.238. The van der Waals surface area contributed by atoms with Gasteiger partial charge in [0.2, 0.25) is 5.91 Å². The van der Waals surface area contributed by atoms with Gasteiger partial charge in [-0.05, 0) is 42.8 Å². The predicted octanol–water partition coefficient (Wildman–Crippen LogP) is 2.68. The Balaban J connectivity index is 1.40. The lowest BCUT2D eigenvalue weighted by atomic mass is 9.99. The van der Waals surface area contributed by atoms with Gasteiger partial charge in [0.1, 0.15) is 0 Å². The molecule has 1 atom stereocenters. The summed E-state index contributed by atoms with van der Waals surface area (Å²) in [7, 11) is 0. The molecule has 3 N–H and O–H groups in total. The van der Waals surface area contributed by atoms with E-state index in [0.717, 1.165) is 5.56 Å². The van der Waals surface area contributed by atoms with Crippen molar-refractivity contribution in [2.24, 2.45) is 0 Å². The number of rotatable bonds is 7. The topological polar surface area (TPSA) is 114 Å². The maximum Gasteiger partial charge on any atom is 0.319 e. The monoisotopic (exact) mass is 395 g/mol. The van der Waals surface area contributed by atoms with Gasteiger partial charge in [-0.2, -0.15) is 0 Å². The Kier molecular flexibility index (Phi) is 6.23. The second kappa shape index (κ2) is 9.01. The van der Waals surface area contributed by atoms with Crippen LogP contribution in [0.2, 0.25) is 0 Å². The molecule has 3 rings (SSSR count). The van der Waals surface area contributed by atoms with Gasteiger partial charge in [0, 0.05) is 23.5 Å². The van der Waals surface area contributed by atoms with Crippen LogP contribution in [0, 0.1) is 0 Å². The highest BCUT2D eigenvalue weighted by molar-refractivity contribution is 6.05. The number of nitrogens with one attached hydrogen (secondary N) is 3. The third kappa shape index (κ3) is 5.19. The number of hydrogen-bond donors (Lipinski definition) is 3. The second-order valence-corrected chi connectivity index (χ2v) is 6.59. The lowest BCUT2D eigenvalue weighted by Gasteiger charge is -2.08. The number of carbonyl (C=O) groups excluding carboxylic acids is 4. The van der Waals surface area contributed by atoms with Crippen molar-refractivity contribution in [1.82, 2.24) is 5.32 Å². The Bertz CT molecular complexity index is 943. The van der Waals surface area contributed by atoms with Gasteiger partial charge < -0.3 is 20.7 Å². The standard InChI is InChI=1S/C21H21N3O5/c1-13-16-11-14(7-8-17(16)24-20(13)27)18(25)12-29-19(26)9-10-22-21(28)23-15-5-3-2-4-6-15/h2-8,11,13H,9-10,12H2,1H3,(H,24,27)(H2,22,23,28)/t13-/m0/s1. The van der Waals surface area contributed by atoms with Gasteiger partial charge in [0.15, 0.2) is 12.4 Å². The maximum absolute atomic E-state index is 12.3. The fourth-order valence-corrected chi connectivity index (χ4v) is 2.87. The van der Waals surface area contributed by atoms with Crippen LogP contribution in [0.15, 0.2) is 48.5 Å². The lowest BCUT2D eigenvalue weighted by Crippen LogP contribution is -2.31. The highest BCUT2D eigenvalue weighted by Crippen LogP contribution is 2.32. The van der Waals surface area contributed by atoms with E-state index in [4.69, 9.17) is 4.74 Å². The number of ether oxygens (including phenoxy) is 1. The molecule has 2 aromatic rings. The van der Waals surface area contributed by atoms with Crippen molar-refractivity contribution in [2.45, 2.75) is 19.3 Å². The van der Waals surface area contributed by atoms with Gasteiger partial charge in [-0.1, -0.05) is 18.2 Å². The van der Waals surface area contributed by atoms with Gasteiger partial charge >= 0.3 is 12.0 Å². The van der Waals surface area contributed by atoms with Gasteiger partial charge in [0.05, 0.1) is 12.3 Å². The molecule has 29 heavy (non-hydrogen) atoms. The van der Waals surface area contributed by atoms with Crippen molar-refractivity contribution < 1.29 is 23.9 Å². The number of urea groups is 1. The van der Waals surface area contributed by atoms with E-state index in [-0.39, 0.29) is 30.6 Å². The van der Waals surface area contributed by atoms with Crippen molar-refractivity contribution in [2.75, 3.05) is 23.8 Å². The number of Topliss-reactive ketones (excluding diaryl/α,β-unsaturated/α-hetero) is 1. The smallest absolute Gasteiger partial charge is 0.319 e. The van der Waals surface area contributed by atoms with Gasteiger partial charge in [-0.25, -0.2) is 4.79 Å². The summed E-state index contributed by atoms with van der Waals surface area (Å²) in [6, 6.07) is 13.4. The summed E-state index contributed by atoms with van der Waals surface area (Å²) < 4.78 is 4.98. The first-order valence-electron chi connectivity index (χ1n) is 9.17. The first-order chi connectivity index (χ1) is 13.9. The summed E-state index contributed by atoms with van der Waals surface area (Å²) >= 11 is 0. The molecule has 8 nitrogen and oxygen atoms in total. The van der Waals surface area contributed by atoms with Crippen LogP contribution in [0.4, 0.5) is 16.2 Å². The molecular weight excluding hydrogens is 374 g/mol. The van der Waals surface area contributed by atoms with Crippen LogP contribution in [0.25, 0.3) is 0 Å². The average molecular weight is 395 g/mol. The van der Waals surface area contributed by atoms with E-state index in [1.807, 2.05) is 6.07 Å². The molecule has 0 aromatic heterocycles. The molecule has 0 saturated heterocycles. The number of ketones is 1. The Morgan fingerprint density at radius 3 is 2.62 bits per heavy atom. The minimum Gasteiger partial charge on any atom is -0.457 e. The number of amides is 3. The number of hydrogen-bond acceptors (Lipinski definition) is 5. The number of carbonyl (C=O) groups is 4. The zero-order valence-corrected chi connectivity index (χ0v) is 15.9. The maximum atomic E-state index is 12.3. The first-order valence-corrected chi connectivity index (χ1v) is 9.17. The average Bonchev–Trinajstić information content (AvgIpc) is 3.00. The largest absolute Gasteiger partial charge is 0.457 e. The molecule has 0 saturated carbocycles. The van der Waals surface area contributed by atoms with Crippen LogP contribution >= 0.6 is 0 Å². The van der Waals surface area contributed by atoms with Crippen molar-refractivity contribution in [3.05, 3.63) is 59.7 Å². The zero-order valence-electron chi connectivity index (χ0n) is 15.9. The predicted molar refractivity (Wildman–Crippen MR) is 107 cm³/mol. The van der Waals surface area contributed by atoms with Crippen LogP contribution in [-0.2, 0) is 14.3 Å². The zero-order chi connectivity index (χ0) is 20.8. The van der Waals surface area contributed by atoms with Crippen molar-refractivity contribution in [3.63, 3.8) is 0 Å². The van der Waals surface area contributed by atoms with Crippen molar-refractivity contribution >= 4 is 35.1 Å². The minimum atomic E-state index is -0.593. The second-order valence-electron chi connectivity index (χ2n) is 6.59. The van der Waals surface area contributed by atoms with E-state index in [9.17, 15) is 19.2 Å². The molecule has 2 aromatic carbocycles. The first kappa shape index (κ1) is 20.1. The van der Waals surface area contributed by atoms with Crippen LogP contribution in [0.1, 0.15) is 35.2 Å². The number of fused-ring (bicyclic) bond motifs is 1. The van der Waals surface area contributed by atoms with Crippen LogP contribution in [-0.4, -0.2) is 36.8 Å². The molecule has 0 aliphatic carbocycles. The van der Waals surface area contributed by atoms with E-state index < -0.39 is 18.6 Å². The van der Waals surface area contributed by atoms with Crippen molar-refractivity contribution in [3.8, 4) is 0 Å². The number of anilines is 2. The third-order valence-electron chi connectivity index (χ3n) is 4.50. The summed E-state index contributed by atoms with van der Waals surface area (Å²) in [5.41, 5.74) is 2.45. The van der Waals surface area contributed by atoms with Gasteiger partial charge in [0.25, 0.3) is 0 Å². The Labute approximate surface area is 167 Å². The summed E-state index contributed by atoms with van der Waals surface area (Å²) in [5, 5.41) is 7.91. The molecule has 1 heterocycles. The molecule has 0 fully saturated rings. The summed E-state index contributed by atoms with van der Waals surface area (Å²) in [6.45, 7) is 1.44. The SMILES string of the molecule is C[C@@H]1C(=O)Nc2ccc(C(=O)COC(=O)CCNC(=O)Nc3ccccc3)cc21. The molecule has 1 aliphatic rings. The quantitative estimate of drug-likeness (QED) is 0.493. The molecule has 0 unspecified atom stereocenters. The Morgan fingerprint density at radius 2 is 1.86 bits per heavy atom. The third-order valence-corrected chi connectivity index (χ3v) is 4.50. The summed E-state index contributed by atoms with van der Waals surface area (Å²) in [6.07, 6.45) is -0.0604. The van der Waals surface area contributed by atoms with Crippen molar-refractivity contribution in [1.29, 1.82) is 0 Å². The highest BCUT2D eigenvalue weighted by atomic mass is 16.5. The molecule has 3 amide bonds. The molecule has 0 radical (unpaired) electrons. The van der Waals surface area contributed by atoms with Crippen LogP contribution < -0.4 is 16.0 Å². The molecule has 1 aliphatic heterocycles. The molecule has 8 heteroatoms. The van der Waals surface area contributed by atoms with E-state index in [1.54, 1.807) is 49.4 Å². The normalized spacial score (nSPS) is 14.5.